The number of aryl methyl sites for hydroxylation is 2. The molecule has 0 aliphatic heterocycles. The number of carbonyl (C=O) groups is 1. The van der Waals surface area contributed by atoms with Crippen molar-refractivity contribution in [3.63, 3.8) is 0 Å². The minimum atomic E-state index is -0.496. The third-order valence-corrected chi connectivity index (χ3v) is 4.22. The predicted molar refractivity (Wildman–Crippen MR) is 96.6 cm³/mol. The summed E-state index contributed by atoms with van der Waals surface area (Å²) in [6, 6.07) is 14.2. The molecule has 1 heterocycles. The van der Waals surface area contributed by atoms with Crippen LogP contribution in [0.25, 0.3) is 0 Å². The summed E-state index contributed by atoms with van der Waals surface area (Å²) in [5.41, 5.74) is 2.73. The lowest BCUT2D eigenvalue weighted by Gasteiger charge is -2.07. The zero-order valence-corrected chi connectivity index (χ0v) is 14.6. The monoisotopic (exact) mass is 357 g/mol. The van der Waals surface area contributed by atoms with Crippen LogP contribution in [-0.2, 0) is 6.54 Å². The van der Waals surface area contributed by atoms with Crippen LogP contribution in [0, 0.1) is 19.7 Å². The molecule has 0 fully saturated rings. The fraction of sp³-hybridized carbons (Fsp3) is 0.158. The summed E-state index contributed by atoms with van der Waals surface area (Å²) >= 11 is 6.36. The molecule has 3 aromatic rings. The van der Waals surface area contributed by atoms with E-state index in [0.29, 0.717) is 12.2 Å². The molecule has 25 heavy (non-hydrogen) atoms. The lowest BCUT2D eigenvalue weighted by Crippen LogP contribution is -2.14. The molecule has 0 aliphatic rings. The van der Waals surface area contributed by atoms with Crippen molar-refractivity contribution in [3.05, 3.63) is 81.9 Å². The van der Waals surface area contributed by atoms with E-state index < -0.39 is 11.7 Å². The van der Waals surface area contributed by atoms with E-state index in [1.54, 1.807) is 23.7 Å². The molecule has 0 saturated carbocycles. The van der Waals surface area contributed by atoms with Crippen LogP contribution in [0.4, 0.5) is 10.1 Å². The number of carbonyl (C=O) groups excluding carboxylic acids is 1. The van der Waals surface area contributed by atoms with Crippen LogP contribution in [0.3, 0.4) is 0 Å². The van der Waals surface area contributed by atoms with E-state index in [1.165, 1.54) is 6.07 Å². The van der Waals surface area contributed by atoms with Crippen molar-refractivity contribution < 1.29 is 9.18 Å². The zero-order valence-electron chi connectivity index (χ0n) is 13.9. The summed E-state index contributed by atoms with van der Waals surface area (Å²) in [4.78, 5) is 12.6. The zero-order chi connectivity index (χ0) is 18.0. The SMILES string of the molecule is Cc1ccc(F)c(NC(=O)c2c(C)nn(Cc3ccccc3)c2Cl)c1. The quantitative estimate of drug-likeness (QED) is 0.742. The molecule has 0 unspecified atom stereocenters. The third-order valence-electron chi connectivity index (χ3n) is 3.84. The Morgan fingerprint density at radius 2 is 1.92 bits per heavy atom. The van der Waals surface area contributed by atoms with Gasteiger partial charge >= 0.3 is 0 Å². The van der Waals surface area contributed by atoms with Gasteiger partial charge in [-0.2, -0.15) is 5.10 Å². The van der Waals surface area contributed by atoms with Crippen molar-refractivity contribution in [3.8, 4) is 0 Å². The maximum atomic E-state index is 13.9. The molecule has 1 N–H and O–H groups in total. The summed E-state index contributed by atoms with van der Waals surface area (Å²) in [7, 11) is 0. The summed E-state index contributed by atoms with van der Waals surface area (Å²) in [5.74, 6) is -0.976. The first kappa shape index (κ1) is 17.2. The lowest BCUT2D eigenvalue weighted by molar-refractivity contribution is 0.102. The van der Waals surface area contributed by atoms with Crippen molar-refractivity contribution in [2.75, 3.05) is 5.32 Å². The number of amides is 1. The van der Waals surface area contributed by atoms with Gasteiger partial charge in [0.15, 0.2) is 0 Å². The fourth-order valence-corrected chi connectivity index (χ4v) is 2.91. The highest BCUT2D eigenvalue weighted by Gasteiger charge is 2.21. The molecule has 0 saturated heterocycles. The average molecular weight is 358 g/mol. The molecule has 0 spiro atoms. The van der Waals surface area contributed by atoms with E-state index in [2.05, 4.69) is 10.4 Å². The number of halogens is 2. The molecule has 0 bridgehead atoms. The molecule has 0 aliphatic carbocycles. The second kappa shape index (κ2) is 7.07. The molecule has 0 radical (unpaired) electrons. The number of aromatic nitrogens is 2. The molecule has 128 valence electrons. The molecule has 4 nitrogen and oxygen atoms in total. The summed E-state index contributed by atoms with van der Waals surface area (Å²) in [6.07, 6.45) is 0. The molecule has 6 heteroatoms. The van der Waals surface area contributed by atoms with E-state index in [-0.39, 0.29) is 16.4 Å². The van der Waals surface area contributed by atoms with Crippen molar-refractivity contribution >= 4 is 23.2 Å². The van der Waals surface area contributed by atoms with E-state index in [9.17, 15) is 9.18 Å². The van der Waals surface area contributed by atoms with E-state index in [0.717, 1.165) is 11.1 Å². The molecule has 1 amide bonds. The van der Waals surface area contributed by atoms with E-state index in [1.807, 2.05) is 37.3 Å². The van der Waals surface area contributed by atoms with Crippen LogP contribution in [0.1, 0.15) is 27.2 Å². The molecular formula is C19H17ClFN3O. The van der Waals surface area contributed by atoms with Gasteiger partial charge in [0.2, 0.25) is 0 Å². The minimum absolute atomic E-state index is 0.122. The number of benzene rings is 2. The van der Waals surface area contributed by atoms with Crippen molar-refractivity contribution in [1.82, 2.24) is 9.78 Å². The minimum Gasteiger partial charge on any atom is -0.319 e. The molecule has 2 aromatic carbocycles. The van der Waals surface area contributed by atoms with Crippen LogP contribution in [0.15, 0.2) is 48.5 Å². The number of hydrogen-bond donors (Lipinski definition) is 1. The normalized spacial score (nSPS) is 10.7. The Kier molecular flexibility index (Phi) is 4.86. The van der Waals surface area contributed by atoms with Gasteiger partial charge in [-0.1, -0.05) is 48.0 Å². The van der Waals surface area contributed by atoms with Crippen LogP contribution in [-0.4, -0.2) is 15.7 Å². The summed E-state index contributed by atoms with van der Waals surface area (Å²) in [5, 5.41) is 7.14. The van der Waals surface area contributed by atoms with Crippen LogP contribution in [0.2, 0.25) is 5.15 Å². The molecule has 1 aromatic heterocycles. The Balaban J connectivity index is 1.87. The van der Waals surface area contributed by atoms with E-state index >= 15 is 0 Å². The first-order valence-corrected chi connectivity index (χ1v) is 8.18. The molecule has 3 rings (SSSR count). The number of hydrogen-bond acceptors (Lipinski definition) is 2. The highest BCUT2D eigenvalue weighted by molar-refractivity contribution is 6.33. The van der Waals surface area contributed by atoms with Gasteiger partial charge in [0, 0.05) is 0 Å². The second-order valence-corrected chi connectivity index (χ2v) is 6.19. The summed E-state index contributed by atoms with van der Waals surface area (Å²) in [6.45, 7) is 3.98. The first-order chi connectivity index (χ1) is 12.0. The second-order valence-electron chi connectivity index (χ2n) is 5.83. The van der Waals surface area contributed by atoms with Gasteiger partial charge in [0.1, 0.15) is 11.0 Å². The van der Waals surface area contributed by atoms with E-state index in [4.69, 9.17) is 11.6 Å². The standard InChI is InChI=1S/C19H17ClFN3O/c1-12-8-9-15(21)16(10-12)22-19(25)17-13(2)23-24(18(17)20)11-14-6-4-3-5-7-14/h3-10H,11H2,1-2H3,(H,22,25). The smallest absolute Gasteiger partial charge is 0.260 e. The van der Waals surface area contributed by atoms with Gasteiger partial charge < -0.3 is 5.32 Å². The van der Waals surface area contributed by atoms with Gasteiger partial charge in [0.25, 0.3) is 5.91 Å². The maximum Gasteiger partial charge on any atom is 0.260 e. The van der Waals surface area contributed by atoms with Crippen molar-refractivity contribution in [2.45, 2.75) is 20.4 Å². The molecule has 0 atom stereocenters. The van der Waals surface area contributed by atoms with Crippen LogP contribution in [0.5, 0.6) is 0 Å². The van der Waals surface area contributed by atoms with Crippen molar-refractivity contribution in [2.24, 2.45) is 0 Å². The van der Waals surface area contributed by atoms with Crippen molar-refractivity contribution in [1.29, 1.82) is 0 Å². The Labute approximate surface area is 150 Å². The number of anilines is 1. The maximum absolute atomic E-state index is 13.9. The highest BCUT2D eigenvalue weighted by atomic mass is 35.5. The fourth-order valence-electron chi connectivity index (χ4n) is 2.59. The van der Waals surface area contributed by atoms with Crippen LogP contribution >= 0.6 is 11.6 Å². The van der Waals surface area contributed by atoms with Gasteiger partial charge in [0.05, 0.1) is 23.5 Å². The Morgan fingerprint density at radius 1 is 1.20 bits per heavy atom. The average Bonchev–Trinajstić information content (AvgIpc) is 2.86. The molecular weight excluding hydrogens is 341 g/mol. The van der Waals surface area contributed by atoms with Gasteiger partial charge in [-0.25, -0.2) is 9.07 Å². The number of nitrogens with zero attached hydrogens (tertiary/aromatic N) is 2. The first-order valence-electron chi connectivity index (χ1n) is 7.80. The predicted octanol–water partition coefficient (Wildman–Crippen LogP) is 4.59. The Hall–Kier alpha value is -2.66. The topological polar surface area (TPSA) is 46.9 Å². The third kappa shape index (κ3) is 3.72. The van der Waals surface area contributed by atoms with Gasteiger partial charge in [-0.15, -0.1) is 0 Å². The van der Waals surface area contributed by atoms with Crippen LogP contribution < -0.4 is 5.32 Å². The number of rotatable bonds is 4. The highest BCUT2D eigenvalue weighted by Crippen LogP contribution is 2.23. The Morgan fingerprint density at radius 3 is 2.64 bits per heavy atom. The largest absolute Gasteiger partial charge is 0.319 e. The van der Waals surface area contributed by atoms with Gasteiger partial charge in [-0.05, 0) is 37.1 Å². The number of nitrogens with one attached hydrogen (secondary N) is 1. The lowest BCUT2D eigenvalue weighted by atomic mass is 10.2. The Bertz CT molecular complexity index is 922. The van der Waals surface area contributed by atoms with Gasteiger partial charge in [-0.3, -0.25) is 4.79 Å². The summed E-state index contributed by atoms with van der Waals surface area (Å²) < 4.78 is 15.4.